The summed E-state index contributed by atoms with van der Waals surface area (Å²) in [6.45, 7) is 6.79. The Morgan fingerprint density at radius 3 is 2.54 bits per heavy atom. The van der Waals surface area contributed by atoms with Crippen LogP contribution in [0.3, 0.4) is 0 Å². The molecule has 1 aromatic carbocycles. The summed E-state index contributed by atoms with van der Waals surface area (Å²) in [5.74, 6) is 5.37. The maximum atomic E-state index is 13.3. The fraction of sp³-hybridized carbons (Fsp3) is 0.154. The van der Waals surface area contributed by atoms with Crippen LogP contribution in [-0.4, -0.2) is 38.0 Å². The van der Waals surface area contributed by atoms with Crippen LogP contribution in [0.15, 0.2) is 74.4 Å². The summed E-state index contributed by atoms with van der Waals surface area (Å²) < 4.78 is 3.31. The van der Waals surface area contributed by atoms with E-state index in [0.717, 1.165) is 16.8 Å². The number of nitrogens with zero attached hydrogens (tertiary/aromatic N) is 6. The van der Waals surface area contributed by atoms with Crippen LogP contribution in [0.5, 0.6) is 0 Å². The molecule has 3 aromatic heterocycles. The SMILES string of the molecule is C=N/C(N)=C(\N=CC)C(N)=O.CCc1nc2scc(C#Cc3cnn(C)c3)n2c(=O)c1-c1ccccc1. The molecule has 0 saturated carbocycles. The van der Waals surface area contributed by atoms with Gasteiger partial charge in [0.25, 0.3) is 11.5 Å². The Morgan fingerprint density at radius 2 is 1.97 bits per heavy atom. The van der Waals surface area contributed by atoms with Gasteiger partial charge >= 0.3 is 0 Å². The number of aliphatic imine (C=N–C) groups is 2. The number of amides is 1. The molecule has 0 spiro atoms. The number of rotatable bonds is 5. The van der Waals surface area contributed by atoms with Crippen molar-refractivity contribution in [3.63, 3.8) is 0 Å². The highest BCUT2D eigenvalue weighted by Gasteiger charge is 2.16. The molecular weight excluding hydrogens is 488 g/mol. The van der Waals surface area contributed by atoms with Crippen molar-refractivity contribution in [2.24, 2.45) is 28.5 Å². The van der Waals surface area contributed by atoms with Gasteiger partial charge in [0.05, 0.1) is 23.0 Å². The third-order valence-electron chi connectivity index (χ3n) is 4.99. The second kappa shape index (κ2) is 12.2. The van der Waals surface area contributed by atoms with Crippen LogP contribution < -0.4 is 17.0 Å². The first-order valence-corrected chi connectivity index (χ1v) is 12.0. The highest BCUT2D eigenvalue weighted by atomic mass is 32.1. The van der Waals surface area contributed by atoms with Crippen molar-refractivity contribution in [3.05, 3.63) is 86.9 Å². The van der Waals surface area contributed by atoms with Crippen LogP contribution in [0.2, 0.25) is 0 Å². The molecule has 188 valence electrons. The number of thiazole rings is 1. The zero-order valence-corrected chi connectivity index (χ0v) is 21.5. The van der Waals surface area contributed by atoms with E-state index in [1.54, 1.807) is 22.2 Å². The number of carbonyl (C=O) groups is 1. The Bertz CT molecular complexity index is 1610. The molecule has 0 saturated heterocycles. The number of hydrogen-bond donors (Lipinski definition) is 2. The average molecular weight is 515 g/mol. The maximum Gasteiger partial charge on any atom is 0.271 e. The van der Waals surface area contributed by atoms with Gasteiger partial charge in [-0.15, -0.1) is 11.3 Å². The van der Waals surface area contributed by atoms with Crippen molar-refractivity contribution in [1.82, 2.24) is 19.2 Å². The van der Waals surface area contributed by atoms with Gasteiger partial charge in [-0.05, 0) is 31.5 Å². The van der Waals surface area contributed by atoms with Gasteiger partial charge in [0, 0.05) is 24.8 Å². The Labute approximate surface area is 217 Å². The van der Waals surface area contributed by atoms with Gasteiger partial charge in [-0.2, -0.15) is 5.10 Å². The van der Waals surface area contributed by atoms with E-state index in [2.05, 4.69) is 33.6 Å². The van der Waals surface area contributed by atoms with Crippen LogP contribution in [0, 0.1) is 11.8 Å². The second-order valence-corrected chi connectivity index (χ2v) is 8.33. The number of aromatic nitrogens is 4. The molecule has 0 aliphatic rings. The van der Waals surface area contributed by atoms with Crippen molar-refractivity contribution in [2.75, 3.05) is 0 Å². The molecule has 37 heavy (non-hydrogen) atoms. The standard InChI is InChI=1S/C20H16N4OS.C6H10N4O/c1-3-17-18(15-7-5-4-6-8-15)19(25)24-16(13-26-20(24)22-17)10-9-14-11-21-23(2)12-14;1-3-10-4(6(8)11)5(7)9-2/h4-8,11-13H,3H2,1-2H3;3H,2,7H2,1H3,(H2,8,11)/b;5-4-,10-3?. The number of carbonyl (C=O) groups excluding carboxylic acids is 1. The Balaban J connectivity index is 0.000000295. The van der Waals surface area contributed by atoms with Crippen molar-refractivity contribution in [3.8, 4) is 23.0 Å². The first-order valence-electron chi connectivity index (χ1n) is 11.1. The van der Waals surface area contributed by atoms with E-state index in [0.29, 0.717) is 22.6 Å². The number of nitrogens with two attached hydrogens (primary N) is 2. The van der Waals surface area contributed by atoms with Crippen molar-refractivity contribution in [2.45, 2.75) is 20.3 Å². The number of benzene rings is 1. The Kier molecular flexibility index (Phi) is 8.85. The molecule has 0 fully saturated rings. The van der Waals surface area contributed by atoms with Gasteiger partial charge < -0.3 is 11.5 Å². The molecule has 0 aliphatic heterocycles. The van der Waals surface area contributed by atoms with Crippen molar-refractivity contribution >= 4 is 35.1 Å². The molecule has 0 unspecified atom stereocenters. The lowest BCUT2D eigenvalue weighted by atomic mass is 10.0. The molecule has 0 bridgehead atoms. The van der Waals surface area contributed by atoms with Gasteiger partial charge in [0.15, 0.2) is 16.5 Å². The van der Waals surface area contributed by atoms with Crippen LogP contribution in [0.1, 0.15) is 30.8 Å². The van der Waals surface area contributed by atoms with E-state index in [9.17, 15) is 9.59 Å². The first kappa shape index (κ1) is 26.8. The summed E-state index contributed by atoms with van der Waals surface area (Å²) >= 11 is 1.43. The normalized spacial score (nSPS) is 11.3. The fourth-order valence-corrected chi connectivity index (χ4v) is 4.15. The lowest BCUT2D eigenvalue weighted by molar-refractivity contribution is -0.114. The lowest BCUT2D eigenvalue weighted by Gasteiger charge is -2.07. The van der Waals surface area contributed by atoms with Crippen molar-refractivity contribution < 1.29 is 4.79 Å². The van der Waals surface area contributed by atoms with E-state index in [4.69, 9.17) is 16.5 Å². The minimum Gasteiger partial charge on any atom is -0.382 e. The summed E-state index contributed by atoms with van der Waals surface area (Å²) in [5.41, 5.74) is 13.8. The first-order chi connectivity index (χ1) is 17.8. The quantitative estimate of drug-likeness (QED) is 0.239. The number of aryl methyl sites for hydroxylation is 2. The van der Waals surface area contributed by atoms with E-state index in [1.165, 1.54) is 17.6 Å². The Hall–Kier alpha value is -4.82. The van der Waals surface area contributed by atoms with Crippen LogP contribution in [0.4, 0.5) is 0 Å². The lowest BCUT2D eigenvalue weighted by Crippen LogP contribution is -2.19. The van der Waals surface area contributed by atoms with Crippen LogP contribution in [-0.2, 0) is 18.3 Å². The Morgan fingerprint density at radius 1 is 1.24 bits per heavy atom. The molecule has 11 heteroatoms. The zero-order valence-electron chi connectivity index (χ0n) is 20.7. The predicted molar refractivity (Wildman–Crippen MR) is 147 cm³/mol. The minimum atomic E-state index is -0.715. The molecular formula is C26H26N8O2S. The van der Waals surface area contributed by atoms with E-state index in [-0.39, 0.29) is 17.1 Å². The molecule has 0 atom stereocenters. The van der Waals surface area contributed by atoms with Crippen molar-refractivity contribution in [1.29, 1.82) is 0 Å². The molecule has 0 radical (unpaired) electrons. The fourth-order valence-electron chi connectivity index (χ4n) is 3.31. The van der Waals surface area contributed by atoms with Gasteiger partial charge in [0.2, 0.25) is 0 Å². The van der Waals surface area contributed by atoms with Gasteiger partial charge in [-0.1, -0.05) is 43.2 Å². The summed E-state index contributed by atoms with van der Waals surface area (Å²) in [6.07, 6.45) is 5.64. The highest BCUT2D eigenvalue weighted by Crippen LogP contribution is 2.22. The molecule has 4 aromatic rings. The summed E-state index contributed by atoms with van der Waals surface area (Å²) in [4.78, 5) is 36.1. The predicted octanol–water partition coefficient (Wildman–Crippen LogP) is 2.51. The van der Waals surface area contributed by atoms with E-state index >= 15 is 0 Å². The highest BCUT2D eigenvalue weighted by molar-refractivity contribution is 7.15. The number of primary amides is 1. The van der Waals surface area contributed by atoms with E-state index < -0.39 is 5.91 Å². The topological polar surface area (TPSA) is 146 Å². The smallest absolute Gasteiger partial charge is 0.271 e. The largest absolute Gasteiger partial charge is 0.382 e. The molecule has 4 rings (SSSR count). The van der Waals surface area contributed by atoms with Gasteiger partial charge in [-0.25, -0.2) is 14.4 Å². The molecule has 1 amide bonds. The number of fused-ring (bicyclic) bond motifs is 1. The summed E-state index contributed by atoms with van der Waals surface area (Å²) in [7, 11) is 1.85. The molecule has 10 nitrogen and oxygen atoms in total. The zero-order chi connectivity index (χ0) is 26.9. The molecule has 3 heterocycles. The third-order valence-corrected chi connectivity index (χ3v) is 5.81. The van der Waals surface area contributed by atoms with Gasteiger partial charge in [-0.3, -0.25) is 19.3 Å². The molecule has 0 aliphatic carbocycles. The second-order valence-electron chi connectivity index (χ2n) is 7.49. The van der Waals surface area contributed by atoms with Gasteiger partial charge in [0.1, 0.15) is 5.69 Å². The van der Waals surface area contributed by atoms with E-state index in [1.807, 2.05) is 55.9 Å². The molecule has 4 N–H and O–H groups in total. The summed E-state index contributed by atoms with van der Waals surface area (Å²) in [6, 6.07) is 9.68. The minimum absolute atomic E-state index is 0.0596. The summed E-state index contributed by atoms with van der Waals surface area (Å²) in [5, 5.41) is 5.99. The maximum absolute atomic E-state index is 13.3. The van der Waals surface area contributed by atoms with Crippen LogP contribution in [0.25, 0.3) is 16.1 Å². The average Bonchev–Trinajstić information content (AvgIpc) is 3.51. The van der Waals surface area contributed by atoms with Crippen LogP contribution >= 0.6 is 11.3 Å². The third kappa shape index (κ3) is 6.25. The number of hydrogen-bond acceptors (Lipinski definition) is 8. The monoisotopic (exact) mass is 514 g/mol.